The van der Waals surface area contributed by atoms with Gasteiger partial charge >= 0.3 is 5.97 Å². The van der Waals surface area contributed by atoms with E-state index in [1.54, 1.807) is 24.0 Å². The summed E-state index contributed by atoms with van der Waals surface area (Å²) in [6.45, 7) is 4.34. The number of benzene rings is 2. The molecule has 1 aliphatic rings. The highest BCUT2D eigenvalue weighted by atomic mass is 16.5. The lowest BCUT2D eigenvalue weighted by Gasteiger charge is -2.32. The second-order valence-electron chi connectivity index (χ2n) is 6.46. The van der Waals surface area contributed by atoms with Crippen molar-refractivity contribution in [2.45, 2.75) is 32.8 Å². The summed E-state index contributed by atoms with van der Waals surface area (Å²) in [6.07, 6.45) is 0.922. The molecule has 0 N–H and O–H groups in total. The Morgan fingerprint density at radius 2 is 1.92 bits per heavy atom. The molecule has 0 bridgehead atoms. The zero-order chi connectivity index (χ0) is 18.7. The number of nitrogens with zero attached hydrogens (tertiary/aromatic N) is 1. The lowest BCUT2D eigenvalue weighted by atomic mass is 9.96. The van der Waals surface area contributed by atoms with Gasteiger partial charge in [0, 0.05) is 12.2 Å². The third-order valence-corrected chi connectivity index (χ3v) is 4.57. The van der Waals surface area contributed by atoms with E-state index in [1.165, 1.54) is 7.11 Å². The van der Waals surface area contributed by atoms with Crippen LogP contribution in [0.5, 0.6) is 5.75 Å². The highest BCUT2D eigenvalue weighted by molar-refractivity contribution is 6.00. The zero-order valence-corrected chi connectivity index (χ0v) is 15.3. The van der Waals surface area contributed by atoms with Crippen molar-refractivity contribution in [1.82, 2.24) is 0 Å². The van der Waals surface area contributed by atoms with Crippen LogP contribution in [-0.2, 0) is 16.0 Å². The molecule has 2 aromatic rings. The minimum Gasteiger partial charge on any atom is -0.481 e. The van der Waals surface area contributed by atoms with Gasteiger partial charge in [0.1, 0.15) is 5.75 Å². The molecule has 0 aliphatic carbocycles. The fourth-order valence-corrected chi connectivity index (χ4v) is 3.32. The SMILES string of the molecule is COC(=O)c1cccc2c1CCCN2C(=O)C(C)Oc1cccc(C)c1. The van der Waals surface area contributed by atoms with Gasteiger partial charge in [0.05, 0.1) is 12.7 Å². The van der Waals surface area contributed by atoms with E-state index < -0.39 is 6.10 Å². The van der Waals surface area contributed by atoms with E-state index in [1.807, 2.05) is 37.3 Å². The Morgan fingerprint density at radius 3 is 2.65 bits per heavy atom. The van der Waals surface area contributed by atoms with Crippen molar-refractivity contribution < 1.29 is 19.1 Å². The van der Waals surface area contributed by atoms with Crippen LogP contribution < -0.4 is 9.64 Å². The summed E-state index contributed by atoms with van der Waals surface area (Å²) in [6, 6.07) is 13.0. The number of rotatable bonds is 4. The van der Waals surface area contributed by atoms with Gasteiger partial charge in [-0.05, 0) is 62.1 Å². The number of methoxy groups -OCH3 is 1. The van der Waals surface area contributed by atoms with Gasteiger partial charge in [-0.25, -0.2) is 4.79 Å². The summed E-state index contributed by atoms with van der Waals surface area (Å²) in [5.41, 5.74) is 3.23. The molecule has 0 spiro atoms. The summed E-state index contributed by atoms with van der Waals surface area (Å²) in [5, 5.41) is 0. The van der Waals surface area contributed by atoms with Gasteiger partial charge < -0.3 is 14.4 Å². The van der Waals surface area contributed by atoms with E-state index >= 15 is 0 Å². The van der Waals surface area contributed by atoms with Crippen molar-refractivity contribution in [3.05, 3.63) is 59.2 Å². The number of carbonyl (C=O) groups is 2. The first-order valence-corrected chi connectivity index (χ1v) is 8.76. The molecule has 136 valence electrons. The van der Waals surface area contributed by atoms with Gasteiger partial charge in [-0.15, -0.1) is 0 Å². The third kappa shape index (κ3) is 3.57. The van der Waals surface area contributed by atoms with Crippen LogP contribution in [0.3, 0.4) is 0 Å². The van der Waals surface area contributed by atoms with Crippen LogP contribution >= 0.6 is 0 Å². The number of hydrogen-bond donors (Lipinski definition) is 0. The summed E-state index contributed by atoms with van der Waals surface area (Å²) in [5.74, 6) is 0.182. The average Bonchev–Trinajstić information content (AvgIpc) is 2.65. The molecule has 26 heavy (non-hydrogen) atoms. The molecule has 2 aromatic carbocycles. The predicted molar refractivity (Wildman–Crippen MR) is 99.7 cm³/mol. The fraction of sp³-hybridized carbons (Fsp3) is 0.333. The Kier molecular flexibility index (Phi) is 5.26. The molecule has 1 heterocycles. The number of carbonyl (C=O) groups excluding carboxylic acids is 2. The Hall–Kier alpha value is -2.82. The Labute approximate surface area is 153 Å². The van der Waals surface area contributed by atoms with Crippen molar-refractivity contribution >= 4 is 17.6 Å². The maximum Gasteiger partial charge on any atom is 0.338 e. The smallest absolute Gasteiger partial charge is 0.338 e. The second-order valence-corrected chi connectivity index (χ2v) is 6.46. The minimum absolute atomic E-state index is 0.116. The van der Waals surface area contributed by atoms with E-state index in [2.05, 4.69) is 0 Å². The van der Waals surface area contributed by atoms with Crippen LogP contribution in [0.25, 0.3) is 0 Å². The second kappa shape index (κ2) is 7.60. The van der Waals surface area contributed by atoms with Gasteiger partial charge in [0.25, 0.3) is 5.91 Å². The number of hydrogen-bond acceptors (Lipinski definition) is 4. The van der Waals surface area contributed by atoms with Gasteiger partial charge in [0.2, 0.25) is 0 Å². The molecule has 1 atom stereocenters. The Balaban J connectivity index is 1.84. The molecule has 0 aromatic heterocycles. The molecule has 3 rings (SSSR count). The van der Waals surface area contributed by atoms with E-state index in [4.69, 9.17) is 9.47 Å². The van der Waals surface area contributed by atoms with E-state index in [-0.39, 0.29) is 11.9 Å². The van der Waals surface area contributed by atoms with Crippen molar-refractivity contribution in [2.24, 2.45) is 0 Å². The van der Waals surface area contributed by atoms with Crippen LogP contribution in [0.2, 0.25) is 0 Å². The first-order valence-electron chi connectivity index (χ1n) is 8.76. The van der Waals surface area contributed by atoms with Crippen molar-refractivity contribution in [2.75, 3.05) is 18.6 Å². The highest BCUT2D eigenvalue weighted by Crippen LogP contribution is 2.31. The number of esters is 1. The van der Waals surface area contributed by atoms with E-state index in [0.717, 1.165) is 29.7 Å². The number of aryl methyl sites for hydroxylation is 1. The normalized spacial score (nSPS) is 14.3. The van der Waals surface area contributed by atoms with Crippen LogP contribution in [0.4, 0.5) is 5.69 Å². The van der Waals surface area contributed by atoms with Gasteiger partial charge in [0.15, 0.2) is 6.10 Å². The van der Waals surface area contributed by atoms with Crippen LogP contribution in [0.1, 0.15) is 34.8 Å². The molecule has 0 fully saturated rings. The number of amides is 1. The van der Waals surface area contributed by atoms with Crippen molar-refractivity contribution in [1.29, 1.82) is 0 Å². The van der Waals surface area contributed by atoms with Crippen LogP contribution in [0, 0.1) is 6.92 Å². The molecular formula is C21H23NO4. The van der Waals surface area contributed by atoms with Crippen molar-refractivity contribution in [3.63, 3.8) is 0 Å². The molecule has 0 saturated heterocycles. The monoisotopic (exact) mass is 353 g/mol. The van der Waals surface area contributed by atoms with Gasteiger partial charge in [-0.3, -0.25) is 4.79 Å². The van der Waals surface area contributed by atoms with Crippen LogP contribution in [-0.4, -0.2) is 31.6 Å². The molecule has 5 heteroatoms. The molecule has 5 nitrogen and oxygen atoms in total. The lowest BCUT2D eigenvalue weighted by Crippen LogP contribution is -2.43. The summed E-state index contributed by atoms with van der Waals surface area (Å²) >= 11 is 0. The zero-order valence-electron chi connectivity index (χ0n) is 15.3. The number of fused-ring (bicyclic) bond motifs is 1. The van der Waals surface area contributed by atoms with Crippen molar-refractivity contribution in [3.8, 4) is 5.75 Å². The van der Waals surface area contributed by atoms with Gasteiger partial charge in [-0.1, -0.05) is 18.2 Å². The van der Waals surface area contributed by atoms with E-state index in [9.17, 15) is 9.59 Å². The fourth-order valence-electron chi connectivity index (χ4n) is 3.32. The highest BCUT2D eigenvalue weighted by Gasteiger charge is 2.29. The maximum absolute atomic E-state index is 13.0. The summed E-state index contributed by atoms with van der Waals surface area (Å²) < 4.78 is 10.7. The molecule has 0 radical (unpaired) electrons. The Morgan fingerprint density at radius 1 is 1.15 bits per heavy atom. The quantitative estimate of drug-likeness (QED) is 0.789. The predicted octanol–water partition coefficient (Wildman–Crippen LogP) is 3.53. The number of ether oxygens (including phenoxy) is 2. The minimum atomic E-state index is -0.621. The third-order valence-electron chi connectivity index (χ3n) is 4.57. The summed E-state index contributed by atoms with van der Waals surface area (Å²) in [7, 11) is 1.37. The summed E-state index contributed by atoms with van der Waals surface area (Å²) in [4.78, 5) is 26.7. The topological polar surface area (TPSA) is 55.8 Å². The standard InChI is InChI=1S/C21H23NO4/c1-14-7-4-8-16(13-14)26-15(2)20(23)22-12-6-10-17-18(21(24)25-3)9-5-11-19(17)22/h4-5,7-9,11,13,15H,6,10,12H2,1-3H3. The molecule has 0 saturated carbocycles. The number of anilines is 1. The Bertz CT molecular complexity index is 831. The first-order chi connectivity index (χ1) is 12.5. The first kappa shape index (κ1) is 18.0. The maximum atomic E-state index is 13.0. The van der Waals surface area contributed by atoms with Crippen LogP contribution in [0.15, 0.2) is 42.5 Å². The largest absolute Gasteiger partial charge is 0.481 e. The van der Waals surface area contributed by atoms with E-state index in [0.29, 0.717) is 17.9 Å². The molecular weight excluding hydrogens is 330 g/mol. The molecule has 1 unspecified atom stereocenters. The lowest BCUT2D eigenvalue weighted by molar-refractivity contribution is -0.124. The molecule has 1 amide bonds. The molecule has 1 aliphatic heterocycles. The van der Waals surface area contributed by atoms with Gasteiger partial charge in [-0.2, -0.15) is 0 Å². The average molecular weight is 353 g/mol.